The van der Waals surface area contributed by atoms with Crippen molar-refractivity contribution >= 4 is 0 Å². The van der Waals surface area contributed by atoms with E-state index in [4.69, 9.17) is 4.74 Å². The summed E-state index contributed by atoms with van der Waals surface area (Å²) in [5.74, 6) is 0.793. The first-order chi connectivity index (χ1) is 9.16. The number of aliphatic hydroxyl groups excluding tert-OH is 1. The molecule has 0 amide bonds. The summed E-state index contributed by atoms with van der Waals surface area (Å²) in [6.45, 7) is 5.14. The van der Waals surface area contributed by atoms with Crippen molar-refractivity contribution in [2.45, 2.75) is 89.5 Å². The number of aliphatic hydroxyl groups is 1. The van der Waals surface area contributed by atoms with Crippen molar-refractivity contribution in [3.05, 3.63) is 0 Å². The highest BCUT2D eigenvalue weighted by atomic mass is 16.5. The summed E-state index contributed by atoms with van der Waals surface area (Å²) in [4.78, 5) is 0. The van der Waals surface area contributed by atoms with Crippen LogP contribution in [0.15, 0.2) is 0 Å². The van der Waals surface area contributed by atoms with Crippen LogP contribution in [0, 0.1) is 5.92 Å². The first-order valence-corrected chi connectivity index (χ1v) is 8.22. The third-order valence-electron chi connectivity index (χ3n) is 4.62. The number of hydrogen-bond acceptors (Lipinski definition) is 3. The van der Waals surface area contributed by atoms with Gasteiger partial charge in [0.2, 0.25) is 0 Å². The summed E-state index contributed by atoms with van der Waals surface area (Å²) in [6, 6.07) is 0.621. The Morgan fingerprint density at radius 2 is 1.84 bits per heavy atom. The van der Waals surface area contributed by atoms with Gasteiger partial charge in [0, 0.05) is 18.7 Å². The Hall–Kier alpha value is -0.120. The van der Waals surface area contributed by atoms with Crippen LogP contribution in [-0.2, 0) is 4.74 Å². The first-order valence-electron chi connectivity index (χ1n) is 8.22. The molecule has 3 nitrogen and oxygen atoms in total. The van der Waals surface area contributed by atoms with Crippen LogP contribution in [-0.4, -0.2) is 36.0 Å². The number of nitrogens with one attached hydrogen (secondary N) is 1. The van der Waals surface area contributed by atoms with Crippen molar-refractivity contribution in [1.29, 1.82) is 0 Å². The van der Waals surface area contributed by atoms with E-state index in [1.165, 1.54) is 32.1 Å². The molecule has 0 radical (unpaired) electrons. The van der Waals surface area contributed by atoms with E-state index >= 15 is 0 Å². The summed E-state index contributed by atoms with van der Waals surface area (Å²) in [6.07, 6.45) is 9.76. The zero-order valence-corrected chi connectivity index (χ0v) is 12.6. The minimum absolute atomic E-state index is 0.0554. The lowest BCUT2D eigenvalue weighted by atomic mass is 9.82. The van der Waals surface area contributed by atoms with Crippen molar-refractivity contribution in [1.82, 2.24) is 5.32 Å². The summed E-state index contributed by atoms with van der Waals surface area (Å²) in [5.41, 5.74) is 0. The highest BCUT2D eigenvalue weighted by Gasteiger charge is 2.32. The van der Waals surface area contributed by atoms with Crippen LogP contribution in [0.3, 0.4) is 0 Å². The van der Waals surface area contributed by atoms with Gasteiger partial charge in [-0.1, -0.05) is 46.0 Å². The lowest BCUT2D eigenvalue weighted by Gasteiger charge is -2.33. The Labute approximate surface area is 118 Å². The van der Waals surface area contributed by atoms with Gasteiger partial charge in [0.1, 0.15) is 0 Å². The summed E-state index contributed by atoms with van der Waals surface area (Å²) in [7, 11) is 0. The molecule has 112 valence electrons. The van der Waals surface area contributed by atoms with E-state index in [0.29, 0.717) is 6.04 Å². The second kappa shape index (κ2) is 7.61. The smallest absolute Gasteiger partial charge is 0.0954 e. The van der Waals surface area contributed by atoms with Gasteiger partial charge in [-0.25, -0.2) is 0 Å². The van der Waals surface area contributed by atoms with Gasteiger partial charge in [-0.15, -0.1) is 0 Å². The Morgan fingerprint density at radius 3 is 2.42 bits per heavy atom. The highest BCUT2D eigenvalue weighted by molar-refractivity contribution is 4.87. The summed E-state index contributed by atoms with van der Waals surface area (Å²) < 4.78 is 5.68. The molecule has 19 heavy (non-hydrogen) atoms. The van der Waals surface area contributed by atoms with E-state index in [0.717, 1.165) is 31.8 Å². The second-order valence-electron chi connectivity index (χ2n) is 6.71. The third-order valence-corrected chi connectivity index (χ3v) is 4.62. The normalized spacial score (nSPS) is 28.7. The number of ether oxygens (including phenoxy) is 1. The Balaban J connectivity index is 1.89. The Kier molecular flexibility index (Phi) is 6.11. The quantitative estimate of drug-likeness (QED) is 0.779. The molecule has 3 atom stereocenters. The molecule has 1 heterocycles. The lowest BCUT2D eigenvalue weighted by molar-refractivity contribution is -0.0271. The Morgan fingerprint density at radius 1 is 1.11 bits per heavy atom. The maximum atomic E-state index is 10.6. The zero-order chi connectivity index (χ0) is 13.7. The molecule has 2 aliphatic rings. The predicted octanol–water partition coefficient (Wildman–Crippen LogP) is 2.86. The fraction of sp³-hybridized carbons (Fsp3) is 1.00. The van der Waals surface area contributed by atoms with Gasteiger partial charge in [-0.3, -0.25) is 0 Å². The average molecular weight is 269 g/mol. The maximum Gasteiger partial charge on any atom is 0.0954 e. The minimum atomic E-state index is -0.341. The van der Waals surface area contributed by atoms with E-state index in [-0.39, 0.29) is 18.2 Å². The fourth-order valence-corrected chi connectivity index (χ4v) is 3.65. The molecule has 0 aromatic carbocycles. The van der Waals surface area contributed by atoms with Crippen LogP contribution < -0.4 is 5.32 Å². The van der Waals surface area contributed by atoms with Gasteiger partial charge in [-0.05, 0) is 25.2 Å². The highest BCUT2D eigenvalue weighted by Crippen LogP contribution is 2.29. The van der Waals surface area contributed by atoms with E-state index in [1.54, 1.807) is 0 Å². The SMILES string of the molecule is CC(C)NC(CC1CCCCC1)C(O)C1CCCO1. The van der Waals surface area contributed by atoms with E-state index < -0.39 is 0 Å². The largest absolute Gasteiger partial charge is 0.389 e. The standard InChI is InChI=1S/C16H31NO2/c1-12(2)17-14(11-13-7-4-3-5-8-13)16(18)15-9-6-10-19-15/h12-18H,3-11H2,1-2H3. The van der Waals surface area contributed by atoms with Crippen molar-refractivity contribution in [2.75, 3.05) is 6.61 Å². The molecule has 2 rings (SSSR count). The van der Waals surface area contributed by atoms with Gasteiger partial charge in [-0.2, -0.15) is 0 Å². The predicted molar refractivity (Wildman–Crippen MR) is 78.2 cm³/mol. The van der Waals surface area contributed by atoms with E-state index in [2.05, 4.69) is 19.2 Å². The molecular weight excluding hydrogens is 238 g/mol. The van der Waals surface area contributed by atoms with Crippen molar-refractivity contribution < 1.29 is 9.84 Å². The number of rotatable bonds is 6. The lowest BCUT2D eigenvalue weighted by Crippen LogP contribution is -2.49. The topological polar surface area (TPSA) is 41.5 Å². The van der Waals surface area contributed by atoms with E-state index in [1.807, 2.05) is 0 Å². The molecule has 2 fully saturated rings. The molecular formula is C16H31NO2. The van der Waals surface area contributed by atoms with Gasteiger partial charge in [0.25, 0.3) is 0 Å². The van der Waals surface area contributed by atoms with Crippen molar-refractivity contribution in [2.24, 2.45) is 5.92 Å². The Bertz CT molecular complexity index is 245. The van der Waals surface area contributed by atoms with Crippen LogP contribution in [0.4, 0.5) is 0 Å². The average Bonchev–Trinajstić information content (AvgIpc) is 2.91. The van der Waals surface area contributed by atoms with Crippen LogP contribution in [0.25, 0.3) is 0 Å². The van der Waals surface area contributed by atoms with Crippen LogP contribution in [0.2, 0.25) is 0 Å². The molecule has 3 heteroatoms. The van der Waals surface area contributed by atoms with Crippen molar-refractivity contribution in [3.8, 4) is 0 Å². The summed E-state index contributed by atoms with van der Waals surface area (Å²) >= 11 is 0. The minimum Gasteiger partial charge on any atom is -0.389 e. The molecule has 2 N–H and O–H groups in total. The van der Waals surface area contributed by atoms with Crippen molar-refractivity contribution in [3.63, 3.8) is 0 Å². The molecule has 1 aliphatic carbocycles. The molecule has 3 unspecified atom stereocenters. The van der Waals surface area contributed by atoms with Gasteiger partial charge in [0.15, 0.2) is 0 Å². The van der Waals surface area contributed by atoms with E-state index in [9.17, 15) is 5.11 Å². The summed E-state index contributed by atoms with van der Waals surface area (Å²) in [5, 5.41) is 14.2. The molecule has 1 saturated heterocycles. The van der Waals surface area contributed by atoms with Crippen LogP contribution in [0.1, 0.15) is 65.2 Å². The first kappa shape index (κ1) is 15.3. The monoisotopic (exact) mass is 269 g/mol. The fourth-order valence-electron chi connectivity index (χ4n) is 3.65. The third kappa shape index (κ3) is 4.73. The molecule has 1 saturated carbocycles. The van der Waals surface area contributed by atoms with Gasteiger partial charge >= 0.3 is 0 Å². The molecule has 1 aliphatic heterocycles. The molecule has 0 bridgehead atoms. The zero-order valence-electron chi connectivity index (χ0n) is 12.6. The number of hydrogen-bond donors (Lipinski definition) is 2. The maximum absolute atomic E-state index is 10.6. The molecule has 0 aromatic rings. The van der Waals surface area contributed by atoms with Crippen LogP contribution >= 0.6 is 0 Å². The second-order valence-corrected chi connectivity index (χ2v) is 6.71. The molecule has 0 spiro atoms. The van der Waals surface area contributed by atoms with Gasteiger partial charge in [0.05, 0.1) is 12.2 Å². The van der Waals surface area contributed by atoms with Gasteiger partial charge < -0.3 is 15.2 Å². The van der Waals surface area contributed by atoms with Crippen LogP contribution in [0.5, 0.6) is 0 Å². The molecule has 0 aromatic heterocycles.